The van der Waals surface area contributed by atoms with Gasteiger partial charge >= 0.3 is 40.5 Å². The van der Waals surface area contributed by atoms with Gasteiger partial charge in [0.05, 0.1) is 0 Å². The van der Waals surface area contributed by atoms with Crippen molar-refractivity contribution in [2.45, 2.75) is 0 Å². The first-order chi connectivity index (χ1) is 7.50. The molecule has 0 bridgehead atoms. The standard InChI is InChI=1S/H6O12P6/c1-13(2)14(3,4)16(7,8)18(11,12)17(9,10)15(13,5)6/h(H,1,2)(H,3,4)(H,5,6)(H,7,8)(H,9,10)(H,11,12). The van der Waals surface area contributed by atoms with Crippen LogP contribution in [0.2, 0.25) is 0 Å². The van der Waals surface area contributed by atoms with E-state index in [9.17, 15) is 27.4 Å². The number of hydrogen-bond donors (Lipinski definition) is 6. The predicted octanol–water partition coefficient (Wildman–Crippen LogP) is 1.11. The lowest BCUT2D eigenvalue weighted by molar-refractivity contribution is 0.430. The molecule has 0 radical (unpaired) electrons. The van der Waals surface area contributed by atoms with Gasteiger partial charge in [-0.15, -0.1) is 0 Å². The van der Waals surface area contributed by atoms with E-state index in [1.54, 1.807) is 0 Å². The van der Waals surface area contributed by atoms with Crippen molar-refractivity contribution in [1.82, 2.24) is 0 Å². The van der Waals surface area contributed by atoms with Gasteiger partial charge < -0.3 is 29.4 Å². The Balaban J connectivity index is 4.10. The van der Waals surface area contributed by atoms with E-state index >= 15 is 0 Å². The van der Waals surface area contributed by atoms with Gasteiger partial charge in [0, 0.05) is 0 Å². The zero-order valence-electron chi connectivity index (χ0n) is 7.82. The van der Waals surface area contributed by atoms with Crippen molar-refractivity contribution >= 4 is 40.5 Å². The summed E-state index contributed by atoms with van der Waals surface area (Å²) in [6, 6.07) is 0. The molecule has 0 unspecified atom stereocenters. The van der Waals surface area contributed by atoms with Crippen LogP contribution in [0.1, 0.15) is 0 Å². The van der Waals surface area contributed by atoms with E-state index in [1.807, 2.05) is 0 Å². The molecule has 0 aromatic rings. The smallest absolute Gasteiger partial charge is 0.330 e. The summed E-state index contributed by atoms with van der Waals surface area (Å²) in [6.45, 7) is -38.7. The van der Waals surface area contributed by atoms with E-state index in [2.05, 4.69) is 0 Å². The third-order valence-corrected chi connectivity index (χ3v) is 52.1. The normalized spacial score (nSPS) is 65.7. The highest BCUT2D eigenvalue weighted by molar-refractivity contribution is 9.11. The van der Waals surface area contributed by atoms with E-state index in [-0.39, 0.29) is 0 Å². The molecule has 108 valence electrons. The van der Waals surface area contributed by atoms with E-state index in [4.69, 9.17) is 29.4 Å². The first-order valence-corrected chi connectivity index (χ1v) is 17.7. The van der Waals surface area contributed by atoms with Gasteiger partial charge in [0.1, 0.15) is 0 Å². The van der Waals surface area contributed by atoms with Crippen LogP contribution in [-0.2, 0) is 27.4 Å². The maximum atomic E-state index is 11.3. The molecule has 6 N–H and O–H groups in total. The SMILES string of the molecule is O=P1(O)P(=O)(O)P(=O)(O)P(=O)(O)P(=O)(O)P1(=O)O. The van der Waals surface area contributed by atoms with Crippen molar-refractivity contribution in [2.75, 3.05) is 0 Å². The maximum absolute atomic E-state index is 11.3. The molecule has 1 saturated heterocycles. The maximum Gasteiger partial charge on any atom is 0.381 e. The Morgan fingerprint density at radius 1 is 0.333 bits per heavy atom. The fraction of sp³-hybridized carbons (Fsp3) is 0. The van der Waals surface area contributed by atoms with E-state index in [0.717, 1.165) is 0 Å². The summed E-state index contributed by atoms with van der Waals surface area (Å²) in [6.07, 6.45) is 0. The van der Waals surface area contributed by atoms with Crippen molar-refractivity contribution in [3.05, 3.63) is 0 Å². The van der Waals surface area contributed by atoms with Crippen LogP contribution in [0.4, 0.5) is 0 Å². The highest BCUT2D eigenvalue weighted by Gasteiger charge is 2.86. The minimum absolute atomic E-state index is 6.45. The highest BCUT2D eigenvalue weighted by atomic mass is 33.1. The van der Waals surface area contributed by atoms with E-state index < -0.39 is 40.5 Å². The molecule has 1 aliphatic rings. The fourth-order valence-electron chi connectivity index (χ4n) is 0.911. The molecule has 1 heterocycles. The van der Waals surface area contributed by atoms with E-state index in [0.29, 0.717) is 0 Å². The van der Waals surface area contributed by atoms with Crippen LogP contribution in [0, 0.1) is 0 Å². The molecule has 0 saturated carbocycles. The first kappa shape index (κ1) is 17.2. The Labute approximate surface area is 97.8 Å². The summed E-state index contributed by atoms with van der Waals surface area (Å²) in [5.41, 5.74) is 0. The minimum Gasteiger partial charge on any atom is -0.330 e. The van der Waals surface area contributed by atoms with Crippen LogP contribution < -0.4 is 0 Å². The third-order valence-electron chi connectivity index (χ3n) is 2.04. The quantitative estimate of drug-likeness (QED) is 0.323. The Kier molecular flexibility index (Phi) is 3.69. The van der Waals surface area contributed by atoms with Crippen molar-refractivity contribution in [2.24, 2.45) is 0 Å². The molecule has 0 aliphatic carbocycles. The summed E-state index contributed by atoms with van der Waals surface area (Å²) < 4.78 is 67.7. The molecular formula is H6O12P6. The second-order valence-corrected chi connectivity index (χ2v) is 34.4. The summed E-state index contributed by atoms with van der Waals surface area (Å²) >= 11 is 0. The average Bonchev–Trinajstić information content (AvgIpc) is 2.14. The largest absolute Gasteiger partial charge is 0.381 e. The fourth-order valence-corrected chi connectivity index (χ4v) is 69.9. The number of hydrogen-bond acceptors (Lipinski definition) is 6. The van der Waals surface area contributed by atoms with Crippen LogP contribution in [0.15, 0.2) is 0 Å². The molecule has 1 rings (SSSR count). The Hall–Kier alpha value is 1.14. The molecular weight excluding hydrogens is 378 g/mol. The summed E-state index contributed by atoms with van der Waals surface area (Å²) in [7, 11) is 0. The summed E-state index contributed by atoms with van der Waals surface area (Å²) in [5, 5.41) is 0. The number of rotatable bonds is 0. The second kappa shape index (κ2) is 3.86. The molecule has 18 heavy (non-hydrogen) atoms. The third kappa shape index (κ3) is 1.47. The zero-order chi connectivity index (χ0) is 15.0. The van der Waals surface area contributed by atoms with Gasteiger partial charge in [-0.05, 0) is 0 Å². The van der Waals surface area contributed by atoms with Crippen molar-refractivity contribution in [1.29, 1.82) is 0 Å². The Bertz CT molecular complexity index is 498. The lowest BCUT2D eigenvalue weighted by Gasteiger charge is -2.35. The van der Waals surface area contributed by atoms with Crippen LogP contribution >= 0.6 is 40.5 Å². The lowest BCUT2D eigenvalue weighted by atomic mass is 15.9. The molecule has 1 aliphatic heterocycles. The van der Waals surface area contributed by atoms with Gasteiger partial charge in [-0.1, -0.05) is 0 Å². The van der Waals surface area contributed by atoms with Crippen LogP contribution in [0.5, 0.6) is 0 Å². The topological polar surface area (TPSA) is 224 Å². The first-order valence-electron chi connectivity index (χ1n) is 3.50. The van der Waals surface area contributed by atoms with Crippen molar-refractivity contribution in [3.63, 3.8) is 0 Å². The van der Waals surface area contributed by atoms with E-state index in [1.165, 1.54) is 0 Å². The van der Waals surface area contributed by atoms with Gasteiger partial charge in [-0.2, -0.15) is 0 Å². The Morgan fingerprint density at radius 2 is 0.389 bits per heavy atom. The van der Waals surface area contributed by atoms with Crippen LogP contribution in [-0.4, -0.2) is 29.4 Å². The van der Waals surface area contributed by atoms with Crippen LogP contribution in [0.3, 0.4) is 0 Å². The Morgan fingerprint density at radius 3 is 0.444 bits per heavy atom. The average molecular weight is 384 g/mol. The van der Waals surface area contributed by atoms with Gasteiger partial charge in [-0.25, -0.2) is 0 Å². The zero-order valence-corrected chi connectivity index (χ0v) is 13.2. The van der Waals surface area contributed by atoms with Crippen LogP contribution in [0.25, 0.3) is 0 Å². The molecule has 0 spiro atoms. The summed E-state index contributed by atoms with van der Waals surface area (Å²) in [5.74, 6) is 0. The van der Waals surface area contributed by atoms with Crippen molar-refractivity contribution < 1.29 is 56.8 Å². The van der Waals surface area contributed by atoms with Gasteiger partial charge in [-0.3, -0.25) is 27.4 Å². The molecule has 0 aromatic carbocycles. The lowest BCUT2D eigenvalue weighted by Crippen LogP contribution is -1.99. The van der Waals surface area contributed by atoms with Crippen molar-refractivity contribution in [3.8, 4) is 0 Å². The summed E-state index contributed by atoms with van der Waals surface area (Å²) in [4.78, 5) is 53.8. The molecule has 0 amide bonds. The molecule has 1 fully saturated rings. The molecule has 12 nitrogen and oxygen atoms in total. The van der Waals surface area contributed by atoms with Gasteiger partial charge in [0.15, 0.2) is 0 Å². The molecule has 0 atom stereocenters. The minimum atomic E-state index is -6.45. The molecule has 0 aromatic heterocycles. The highest BCUT2D eigenvalue weighted by Crippen LogP contribution is 3.30. The van der Waals surface area contributed by atoms with Gasteiger partial charge in [0.2, 0.25) is 0 Å². The predicted molar refractivity (Wildman–Crippen MR) is 59.0 cm³/mol. The monoisotopic (exact) mass is 384 g/mol. The second-order valence-electron chi connectivity index (χ2n) is 3.08. The van der Waals surface area contributed by atoms with Gasteiger partial charge in [0.25, 0.3) is 0 Å². The molecule has 18 heteroatoms.